The first-order valence-electron chi connectivity index (χ1n) is 17.3. The number of furan rings is 1. The second-order valence-corrected chi connectivity index (χ2v) is 17.0. The summed E-state index contributed by atoms with van der Waals surface area (Å²) < 4.78 is 8.85. The lowest BCUT2D eigenvalue weighted by molar-refractivity contribution is 0.673. The van der Waals surface area contributed by atoms with Crippen molar-refractivity contribution in [2.24, 2.45) is 0 Å². The lowest BCUT2D eigenvalue weighted by Crippen LogP contribution is -2.73. The summed E-state index contributed by atoms with van der Waals surface area (Å²) >= 11 is 0. The summed E-state index contributed by atoms with van der Waals surface area (Å²) in [5.74, 6) is 0.648. The Morgan fingerprint density at radius 3 is 1.84 bits per heavy atom. The van der Waals surface area contributed by atoms with Gasteiger partial charge in [0.05, 0.1) is 27.8 Å². The third kappa shape index (κ3) is 3.84. The lowest BCUT2D eigenvalue weighted by atomic mass is 10.1. The molecule has 0 saturated carbocycles. The van der Waals surface area contributed by atoms with Gasteiger partial charge in [-0.15, -0.1) is 0 Å². The third-order valence-corrected chi connectivity index (χ3v) is 15.6. The molecule has 0 bridgehead atoms. The average molecular weight is 668 g/mol. The van der Waals surface area contributed by atoms with Crippen LogP contribution in [0.25, 0.3) is 72.2 Å². The predicted octanol–water partition coefficient (Wildman–Crippen LogP) is 8.50. The third-order valence-electron chi connectivity index (χ3n) is 10.7. The van der Waals surface area contributed by atoms with E-state index < -0.39 is 8.07 Å². The molecule has 0 radical (unpaired) electrons. The topological polar surface area (TPSA) is 43.9 Å². The number of hydrogen-bond donors (Lipinski definition) is 0. The molecule has 7 aromatic carbocycles. The zero-order valence-corrected chi connectivity index (χ0v) is 28.5. The Kier molecular flexibility index (Phi) is 5.95. The average Bonchev–Trinajstić information content (AvgIpc) is 3.85. The van der Waals surface area contributed by atoms with Crippen molar-refractivity contribution >= 4 is 72.6 Å². The van der Waals surface area contributed by atoms with Crippen LogP contribution in [0.2, 0.25) is 0 Å². The van der Waals surface area contributed by atoms with Gasteiger partial charge in [-0.05, 0) is 39.8 Å². The summed E-state index contributed by atoms with van der Waals surface area (Å²) in [6.07, 6.45) is 0. The van der Waals surface area contributed by atoms with E-state index in [1.54, 1.807) is 0 Å². The van der Waals surface area contributed by atoms with E-state index in [2.05, 4.69) is 168 Å². The SMILES string of the molecule is c1ccc(-c2nc(-n3c4ccccc4c4c5oc6ccccc6c5ccc43)nc3c2[Si](c2ccccc2)(c2ccccc2)c2ccccc2-3)cc1. The van der Waals surface area contributed by atoms with Gasteiger partial charge in [0.15, 0.2) is 8.07 Å². The van der Waals surface area contributed by atoms with Crippen LogP contribution in [0.1, 0.15) is 0 Å². The van der Waals surface area contributed by atoms with E-state index in [1.165, 1.54) is 26.3 Å². The zero-order chi connectivity index (χ0) is 33.5. The summed E-state index contributed by atoms with van der Waals surface area (Å²) in [4.78, 5) is 11.3. The normalized spacial score (nSPS) is 13.3. The molecule has 0 atom stereocenters. The molecule has 10 aromatic rings. The number of benzene rings is 7. The van der Waals surface area contributed by atoms with Gasteiger partial charge >= 0.3 is 0 Å². The molecule has 0 spiro atoms. The molecular weight excluding hydrogens is 639 g/mol. The van der Waals surface area contributed by atoms with E-state index in [0.29, 0.717) is 5.95 Å². The number of para-hydroxylation sites is 2. The predicted molar refractivity (Wildman–Crippen MR) is 212 cm³/mol. The Balaban J connectivity index is 1.31. The highest BCUT2D eigenvalue weighted by molar-refractivity contribution is 7.22. The van der Waals surface area contributed by atoms with Gasteiger partial charge in [-0.2, -0.15) is 0 Å². The van der Waals surface area contributed by atoms with Crippen molar-refractivity contribution in [3.05, 3.63) is 176 Å². The summed E-state index contributed by atoms with van der Waals surface area (Å²) in [6.45, 7) is 0. The molecule has 11 rings (SSSR count). The number of nitrogens with zero attached hydrogens (tertiary/aromatic N) is 3. The van der Waals surface area contributed by atoms with Crippen molar-refractivity contribution < 1.29 is 4.42 Å². The van der Waals surface area contributed by atoms with Crippen molar-refractivity contribution in [3.63, 3.8) is 0 Å². The van der Waals surface area contributed by atoms with Crippen molar-refractivity contribution in [1.82, 2.24) is 14.5 Å². The van der Waals surface area contributed by atoms with Crippen LogP contribution in [-0.4, -0.2) is 22.6 Å². The molecule has 0 amide bonds. The number of hydrogen-bond acceptors (Lipinski definition) is 3. The monoisotopic (exact) mass is 667 g/mol. The van der Waals surface area contributed by atoms with Crippen LogP contribution < -0.4 is 20.7 Å². The van der Waals surface area contributed by atoms with E-state index in [9.17, 15) is 0 Å². The molecule has 4 nitrogen and oxygen atoms in total. The van der Waals surface area contributed by atoms with Crippen molar-refractivity contribution in [2.45, 2.75) is 0 Å². The molecule has 3 aromatic heterocycles. The fourth-order valence-corrected chi connectivity index (χ4v) is 13.9. The molecule has 238 valence electrons. The second-order valence-electron chi connectivity index (χ2n) is 13.3. The summed E-state index contributed by atoms with van der Waals surface area (Å²) in [7, 11) is -2.87. The first kappa shape index (κ1) is 28.3. The zero-order valence-electron chi connectivity index (χ0n) is 27.5. The smallest absolute Gasteiger partial charge is 0.235 e. The summed E-state index contributed by atoms with van der Waals surface area (Å²) in [5, 5.41) is 9.62. The van der Waals surface area contributed by atoms with E-state index in [-0.39, 0.29) is 0 Å². The lowest BCUT2D eigenvalue weighted by Gasteiger charge is -2.32. The molecule has 5 heteroatoms. The van der Waals surface area contributed by atoms with Crippen LogP contribution >= 0.6 is 0 Å². The van der Waals surface area contributed by atoms with Crippen LogP contribution in [0.3, 0.4) is 0 Å². The Morgan fingerprint density at radius 2 is 1.08 bits per heavy atom. The molecule has 1 aliphatic rings. The van der Waals surface area contributed by atoms with Gasteiger partial charge in [-0.25, -0.2) is 9.97 Å². The highest BCUT2D eigenvalue weighted by atomic mass is 28.3. The molecule has 51 heavy (non-hydrogen) atoms. The van der Waals surface area contributed by atoms with Crippen LogP contribution in [0.5, 0.6) is 0 Å². The Morgan fingerprint density at radius 1 is 0.471 bits per heavy atom. The minimum absolute atomic E-state index is 0.648. The quantitative estimate of drug-likeness (QED) is 0.177. The maximum absolute atomic E-state index is 6.61. The Bertz CT molecular complexity index is 2930. The largest absolute Gasteiger partial charge is 0.455 e. The van der Waals surface area contributed by atoms with E-state index >= 15 is 0 Å². The van der Waals surface area contributed by atoms with Crippen molar-refractivity contribution in [3.8, 4) is 28.5 Å². The van der Waals surface area contributed by atoms with Crippen molar-refractivity contribution in [2.75, 3.05) is 0 Å². The second kappa shape index (κ2) is 10.7. The maximum Gasteiger partial charge on any atom is 0.235 e. The Hall–Kier alpha value is -6.56. The van der Waals surface area contributed by atoms with Gasteiger partial charge in [0.1, 0.15) is 11.2 Å². The van der Waals surface area contributed by atoms with Gasteiger partial charge < -0.3 is 4.42 Å². The molecule has 0 unspecified atom stereocenters. The Labute approximate surface area is 294 Å². The van der Waals surface area contributed by atoms with Gasteiger partial charge in [0.25, 0.3) is 0 Å². The molecule has 0 saturated heterocycles. The molecule has 0 aliphatic carbocycles. The molecular formula is C46H29N3OSi. The fraction of sp³-hybridized carbons (Fsp3) is 0. The standard InChI is InChI=1S/C46H29N3OSi/c1-4-16-30(17-5-1)42-45-43(36-24-12-15-27-40(36)51(45,31-18-6-2-7-19-31)32-20-8-3-9-21-32)48-46(47-42)49-37-25-13-10-23-35(37)41-38(49)29-28-34-33-22-11-14-26-39(33)50-44(34)41/h1-29H. The number of fused-ring (bicyclic) bond motifs is 10. The maximum atomic E-state index is 6.61. The van der Waals surface area contributed by atoms with Crippen LogP contribution in [0, 0.1) is 0 Å². The van der Waals surface area contributed by atoms with Crippen molar-refractivity contribution in [1.29, 1.82) is 0 Å². The van der Waals surface area contributed by atoms with E-state index in [1.807, 2.05) is 12.1 Å². The van der Waals surface area contributed by atoms with Crippen LogP contribution in [0.4, 0.5) is 0 Å². The highest BCUT2D eigenvalue weighted by Crippen LogP contribution is 2.41. The van der Waals surface area contributed by atoms with Gasteiger partial charge in [0.2, 0.25) is 5.95 Å². The summed E-state index contributed by atoms with van der Waals surface area (Å²) in [5.41, 5.74) is 8.06. The summed E-state index contributed by atoms with van der Waals surface area (Å²) in [6, 6.07) is 62.9. The minimum Gasteiger partial charge on any atom is -0.455 e. The van der Waals surface area contributed by atoms with Gasteiger partial charge in [-0.3, -0.25) is 4.57 Å². The van der Waals surface area contributed by atoms with E-state index in [0.717, 1.165) is 60.7 Å². The highest BCUT2D eigenvalue weighted by Gasteiger charge is 2.51. The van der Waals surface area contributed by atoms with Gasteiger partial charge in [-0.1, -0.05) is 152 Å². The molecule has 0 N–H and O–H groups in total. The van der Waals surface area contributed by atoms with Crippen LogP contribution in [-0.2, 0) is 0 Å². The minimum atomic E-state index is -2.87. The number of rotatable bonds is 4. The molecule has 1 aliphatic heterocycles. The first-order chi connectivity index (χ1) is 25.3. The first-order valence-corrected chi connectivity index (χ1v) is 19.3. The molecule has 0 fully saturated rings. The van der Waals surface area contributed by atoms with Crippen LogP contribution in [0.15, 0.2) is 180 Å². The molecule has 4 heterocycles. The number of aromatic nitrogens is 3. The van der Waals surface area contributed by atoms with E-state index in [4.69, 9.17) is 14.4 Å². The van der Waals surface area contributed by atoms with Gasteiger partial charge in [0, 0.05) is 32.5 Å². The fourth-order valence-electron chi connectivity index (χ4n) is 8.65.